The van der Waals surface area contributed by atoms with Crippen LogP contribution in [0.1, 0.15) is 23.0 Å². The fraction of sp³-hybridized carbons (Fsp3) is 0.467. The molecule has 24 heavy (non-hydrogen) atoms. The van der Waals surface area contributed by atoms with Crippen LogP contribution in [-0.4, -0.2) is 64.6 Å². The highest BCUT2D eigenvalue weighted by atomic mass is 35.5. The van der Waals surface area contributed by atoms with Crippen molar-refractivity contribution < 1.29 is 9.53 Å². The molecule has 1 N–H and O–H groups in total. The lowest BCUT2D eigenvalue weighted by Crippen LogP contribution is -2.33. The minimum Gasteiger partial charge on any atom is -0.477 e. The first-order valence-corrected chi connectivity index (χ1v) is 7.50. The maximum atomic E-state index is 12.4. The van der Waals surface area contributed by atoms with E-state index in [0.29, 0.717) is 30.4 Å². The number of rotatable bonds is 7. The molecule has 0 saturated carbocycles. The van der Waals surface area contributed by atoms with Gasteiger partial charge in [0.1, 0.15) is 0 Å². The van der Waals surface area contributed by atoms with Gasteiger partial charge in [-0.3, -0.25) is 4.79 Å². The molecule has 0 radical (unpaired) electrons. The Morgan fingerprint density at radius 3 is 2.71 bits per heavy atom. The summed E-state index contributed by atoms with van der Waals surface area (Å²) in [5, 5.41) is 15.3. The van der Waals surface area contributed by atoms with Gasteiger partial charge in [0.25, 0.3) is 5.91 Å². The van der Waals surface area contributed by atoms with Crippen molar-refractivity contribution in [2.24, 2.45) is 0 Å². The molecule has 0 saturated heterocycles. The highest BCUT2D eigenvalue weighted by Gasteiger charge is 2.19. The van der Waals surface area contributed by atoms with Gasteiger partial charge in [-0.2, -0.15) is 5.10 Å². The van der Waals surface area contributed by atoms with E-state index in [1.54, 1.807) is 35.0 Å². The molecule has 9 heteroatoms. The fourth-order valence-electron chi connectivity index (χ4n) is 2.09. The quantitative estimate of drug-likeness (QED) is 0.801. The van der Waals surface area contributed by atoms with E-state index in [0.717, 1.165) is 12.2 Å². The molecule has 0 atom stereocenters. The Hall–Kier alpha value is -2.19. The van der Waals surface area contributed by atoms with E-state index in [9.17, 15) is 4.79 Å². The van der Waals surface area contributed by atoms with Crippen molar-refractivity contribution in [3.8, 4) is 11.7 Å². The molecule has 0 aliphatic carbocycles. The van der Waals surface area contributed by atoms with Gasteiger partial charge in [-0.25, -0.2) is 4.68 Å². The summed E-state index contributed by atoms with van der Waals surface area (Å²) in [7, 11) is 3.62. The molecule has 2 aromatic rings. The first-order valence-electron chi connectivity index (χ1n) is 7.50. The van der Waals surface area contributed by atoms with Crippen LogP contribution >= 0.6 is 12.4 Å². The maximum Gasteiger partial charge on any atom is 0.257 e. The van der Waals surface area contributed by atoms with E-state index in [1.165, 1.54) is 0 Å². The molecule has 132 valence electrons. The first kappa shape index (κ1) is 19.9. The second-order valence-corrected chi connectivity index (χ2v) is 5.05. The number of nitrogens with zero attached hydrogens (tertiary/aromatic N) is 5. The second kappa shape index (κ2) is 9.19. The number of hydrogen-bond donors (Lipinski definition) is 1. The zero-order chi connectivity index (χ0) is 16.8. The van der Waals surface area contributed by atoms with Gasteiger partial charge in [0.05, 0.1) is 24.1 Å². The third kappa shape index (κ3) is 4.42. The molecule has 1 amide bonds. The summed E-state index contributed by atoms with van der Waals surface area (Å²) in [4.78, 5) is 14.1. The van der Waals surface area contributed by atoms with Crippen LogP contribution in [-0.2, 0) is 0 Å². The summed E-state index contributed by atoms with van der Waals surface area (Å²) < 4.78 is 6.87. The Labute approximate surface area is 147 Å². The lowest BCUT2D eigenvalue weighted by molar-refractivity contribution is 0.0796. The minimum atomic E-state index is -0.0668. The lowest BCUT2D eigenvalue weighted by Gasteiger charge is -2.16. The number of amides is 1. The first-order chi connectivity index (χ1) is 11.1. The van der Waals surface area contributed by atoms with Crippen LogP contribution in [0.4, 0.5) is 0 Å². The molecule has 2 rings (SSSR count). The summed E-state index contributed by atoms with van der Waals surface area (Å²) in [5.41, 5.74) is 1.28. The van der Waals surface area contributed by atoms with Crippen LogP contribution in [0.3, 0.4) is 0 Å². The molecular weight excluding hydrogens is 332 g/mol. The number of halogens is 1. The number of likely N-dealkylation sites (N-methyl/N-ethyl adjacent to an activating group) is 2. The van der Waals surface area contributed by atoms with E-state index in [4.69, 9.17) is 4.74 Å². The van der Waals surface area contributed by atoms with Crippen LogP contribution in [0.5, 0.6) is 5.88 Å². The third-order valence-electron chi connectivity index (χ3n) is 3.42. The van der Waals surface area contributed by atoms with Crippen molar-refractivity contribution in [1.29, 1.82) is 0 Å². The Morgan fingerprint density at radius 1 is 1.38 bits per heavy atom. The van der Waals surface area contributed by atoms with Crippen molar-refractivity contribution in [2.75, 3.05) is 33.8 Å². The molecule has 0 aliphatic rings. The number of carbonyl (C=O) groups excluding carboxylic acids is 1. The van der Waals surface area contributed by atoms with E-state index in [-0.39, 0.29) is 18.3 Å². The maximum absolute atomic E-state index is 12.4. The van der Waals surface area contributed by atoms with Gasteiger partial charge in [-0.1, -0.05) is 0 Å². The van der Waals surface area contributed by atoms with Crippen molar-refractivity contribution >= 4 is 18.3 Å². The average molecular weight is 355 g/mol. The van der Waals surface area contributed by atoms with E-state index >= 15 is 0 Å². The SMILES string of the molecule is CCOc1ccc(-n2ncc(C(=O)N(C)CCNC)c2C)nn1.Cl. The van der Waals surface area contributed by atoms with Crippen molar-refractivity contribution in [3.63, 3.8) is 0 Å². The van der Waals surface area contributed by atoms with Crippen molar-refractivity contribution in [1.82, 2.24) is 30.2 Å². The third-order valence-corrected chi connectivity index (χ3v) is 3.42. The van der Waals surface area contributed by atoms with Gasteiger partial charge in [-0.05, 0) is 27.0 Å². The Bertz CT molecular complexity index is 658. The summed E-state index contributed by atoms with van der Waals surface area (Å²) in [6.45, 7) is 5.62. The van der Waals surface area contributed by atoms with E-state index < -0.39 is 0 Å². The Morgan fingerprint density at radius 2 is 2.12 bits per heavy atom. The smallest absolute Gasteiger partial charge is 0.257 e. The monoisotopic (exact) mass is 354 g/mol. The van der Waals surface area contributed by atoms with Gasteiger partial charge in [0, 0.05) is 26.2 Å². The van der Waals surface area contributed by atoms with Gasteiger partial charge >= 0.3 is 0 Å². The van der Waals surface area contributed by atoms with Gasteiger partial charge in [-0.15, -0.1) is 22.6 Å². The zero-order valence-electron chi connectivity index (χ0n) is 14.3. The molecule has 2 heterocycles. The summed E-state index contributed by atoms with van der Waals surface area (Å²) in [6.07, 6.45) is 1.56. The predicted molar refractivity (Wildman–Crippen MR) is 93.2 cm³/mol. The summed E-state index contributed by atoms with van der Waals surface area (Å²) in [6, 6.07) is 3.49. The number of ether oxygens (including phenoxy) is 1. The molecule has 0 fully saturated rings. The van der Waals surface area contributed by atoms with Crippen molar-refractivity contribution in [2.45, 2.75) is 13.8 Å². The standard InChI is InChI=1S/C15H22N6O2.ClH/c1-5-23-14-7-6-13(18-19-14)21-11(2)12(10-17-21)15(22)20(4)9-8-16-3;/h6-7,10,16H,5,8-9H2,1-4H3;1H. The average Bonchev–Trinajstić information content (AvgIpc) is 2.94. The van der Waals surface area contributed by atoms with E-state index in [2.05, 4.69) is 20.6 Å². The van der Waals surface area contributed by atoms with Gasteiger partial charge < -0.3 is 15.0 Å². The van der Waals surface area contributed by atoms with Gasteiger partial charge in [0.15, 0.2) is 5.82 Å². The summed E-state index contributed by atoms with van der Waals surface area (Å²) >= 11 is 0. The van der Waals surface area contributed by atoms with Crippen LogP contribution < -0.4 is 10.1 Å². The van der Waals surface area contributed by atoms with E-state index in [1.807, 2.05) is 20.9 Å². The minimum absolute atomic E-state index is 0. The normalized spacial score (nSPS) is 10.2. The molecule has 8 nitrogen and oxygen atoms in total. The van der Waals surface area contributed by atoms with Crippen LogP contribution in [0.15, 0.2) is 18.3 Å². The van der Waals surface area contributed by atoms with Crippen LogP contribution in [0.25, 0.3) is 5.82 Å². The summed E-state index contributed by atoms with van der Waals surface area (Å²) in [5.74, 6) is 0.940. The number of nitrogens with one attached hydrogen (secondary N) is 1. The molecule has 2 aromatic heterocycles. The number of aromatic nitrogens is 4. The molecule has 0 spiro atoms. The highest BCUT2D eigenvalue weighted by molar-refractivity contribution is 5.95. The zero-order valence-corrected chi connectivity index (χ0v) is 15.1. The Balaban J connectivity index is 0.00000288. The predicted octanol–water partition coefficient (Wildman–Crippen LogP) is 1.08. The lowest BCUT2D eigenvalue weighted by atomic mass is 10.2. The topological polar surface area (TPSA) is 85.2 Å². The number of carbonyl (C=O) groups is 1. The molecule has 0 aromatic carbocycles. The molecule has 0 bridgehead atoms. The fourth-order valence-corrected chi connectivity index (χ4v) is 2.09. The van der Waals surface area contributed by atoms with Crippen LogP contribution in [0.2, 0.25) is 0 Å². The molecule has 0 aliphatic heterocycles. The van der Waals surface area contributed by atoms with Crippen LogP contribution in [0, 0.1) is 6.92 Å². The molecular formula is C15H23ClN6O2. The Kier molecular flexibility index (Phi) is 7.60. The largest absolute Gasteiger partial charge is 0.477 e. The highest BCUT2D eigenvalue weighted by Crippen LogP contribution is 2.15. The van der Waals surface area contributed by atoms with Crippen molar-refractivity contribution in [3.05, 3.63) is 29.6 Å². The second-order valence-electron chi connectivity index (χ2n) is 5.05. The molecule has 0 unspecified atom stereocenters. The van der Waals surface area contributed by atoms with Gasteiger partial charge in [0.2, 0.25) is 5.88 Å². The number of hydrogen-bond acceptors (Lipinski definition) is 6.